The van der Waals surface area contributed by atoms with Crippen molar-refractivity contribution in [1.82, 2.24) is 14.5 Å². The second-order valence-electron chi connectivity index (χ2n) is 6.75. The number of carbonyl (C=O) groups excluding carboxylic acids is 1. The number of alkyl halides is 1. The number of aromatic nitrogens is 1. The van der Waals surface area contributed by atoms with Gasteiger partial charge in [0.2, 0.25) is 0 Å². The van der Waals surface area contributed by atoms with Crippen LogP contribution in [0.5, 0.6) is 5.75 Å². The highest BCUT2D eigenvalue weighted by Gasteiger charge is 2.46. The lowest BCUT2D eigenvalue weighted by Gasteiger charge is -2.38. The standard InChI is InChI=1S/C17H18BrCl2N3O6S2/c1-31(26,27)16-7-21-17(30-16)23(25)10-22(5-4-18)8-14(23)29-15(24)9-28-11-2-3-12(19)13(20)6-11/h2-3,6-7,14H,4-5,8-10H2,1H3. The van der Waals surface area contributed by atoms with Crippen LogP contribution in [0, 0.1) is 5.21 Å². The van der Waals surface area contributed by atoms with E-state index in [0.717, 1.165) is 23.8 Å². The smallest absolute Gasteiger partial charge is 0.348 e. The van der Waals surface area contributed by atoms with Crippen molar-refractivity contribution in [3.8, 4) is 5.75 Å². The molecule has 0 spiro atoms. The minimum Gasteiger partial charge on any atom is -0.622 e. The highest BCUT2D eigenvalue weighted by atomic mass is 79.9. The van der Waals surface area contributed by atoms with Gasteiger partial charge in [-0.25, -0.2) is 18.1 Å². The first-order valence-electron chi connectivity index (χ1n) is 8.84. The van der Waals surface area contributed by atoms with Crippen molar-refractivity contribution in [3.63, 3.8) is 0 Å². The fourth-order valence-electron chi connectivity index (χ4n) is 2.88. The summed E-state index contributed by atoms with van der Waals surface area (Å²) in [4.78, 5) is 18.2. The van der Waals surface area contributed by atoms with Crippen molar-refractivity contribution in [3.05, 3.63) is 39.6 Å². The summed E-state index contributed by atoms with van der Waals surface area (Å²) in [6, 6.07) is 4.53. The van der Waals surface area contributed by atoms with E-state index in [-0.39, 0.29) is 27.6 Å². The number of thiazole rings is 1. The second kappa shape index (κ2) is 9.87. The first-order valence-corrected chi connectivity index (χ1v) is 13.4. The molecule has 0 bridgehead atoms. The minimum atomic E-state index is -3.51. The number of sulfone groups is 1. The molecule has 170 valence electrons. The van der Waals surface area contributed by atoms with Crippen molar-refractivity contribution in [2.45, 2.75) is 10.4 Å². The summed E-state index contributed by atoms with van der Waals surface area (Å²) in [5.74, 6) is -0.436. The molecule has 31 heavy (non-hydrogen) atoms. The van der Waals surface area contributed by atoms with Gasteiger partial charge in [0.1, 0.15) is 16.6 Å². The quantitative estimate of drug-likeness (QED) is 0.204. The third-order valence-corrected chi connectivity index (χ3v) is 8.36. The van der Waals surface area contributed by atoms with E-state index in [1.54, 1.807) is 11.0 Å². The number of hydroxylamine groups is 2. The fraction of sp³-hybridized carbons (Fsp3) is 0.412. The predicted molar refractivity (Wildman–Crippen MR) is 122 cm³/mol. The van der Waals surface area contributed by atoms with E-state index in [9.17, 15) is 18.4 Å². The Morgan fingerprint density at radius 3 is 2.77 bits per heavy atom. The van der Waals surface area contributed by atoms with Crippen LogP contribution >= 0.6 is 50.5 Å². The Morgan fingerprint density at radius 1 is 1.42 bits per heavy atom. The molecule has 1 aromatic carbocycles. The molecule has 2 heterocycles. The van der Waals surface area contributed by atoms with Gasteiger partial charge in [-0.2, -0.15) is 4.98 Å². The third-order valence-electron chi connectivity index (χ3n) is 4.37. The zero-order valence-electron chi connectivity index (χ0n) is 16.2. The van der Waals surface area contributed by atoms with E-state index in [4.69, 9.17) is 32.7 Å². The van der Waals surface area contributed by atoms with E-state index < -0.39 is 33.3 Å². The molecule has 1 aromatic heterocycles. The monoisotopic (exact) mass is 573 g/mol. The number of hydrogen-bond acceptors (Lipinski definition) is 9. The first kappa shape index (κ1) is 24.6. The molecule has 0 amide bonds. The van der Waals surface area contributed by atoms with Crippen molar-refractivity contribution < 1.29 is 22.7 Å². The molecular weight excluding hydrogens is 557 g/mol. The third kappa shape index (κ3) is 5.88. The lowest BCUT2D eigenvalue weighted by molar-refractivity contribution is -0.155. The van der Waals surface area contributed by atoms with Gasteiger partial charge in [-0.15, -0.1) is 0 Å². The average Bonchev–Trinajstić information content (AvgIpc) is 3.30. The summed E-state index contributed by atoms with van der Waals surface area (Å²) in [5.41, 5.74) is 0. The summed E-state index contributed by atoms with van der Waals surface area (Å²) < 4.78 is 33.2. The maximum Gasteiger partial charge on any atom is 0.348 e. The second-order valence-corrected chi connectivity index (χ2v) is 11.6. The molecule has 1 aliphatic rings. The van der Waals surface area contributed by atoms with Gasteiger partial charge in [-0.3, -0.25) is 4.65 Å². The molecule has 9 nitrogen and oxygen atoms in total. The van der Waals surface area contributed by atoms with Gasteiger partial charge >= 0.3 is 5.97 Å². The molecule has 1 aliphatic heterocycles. The number of benzene rings is 1. The Morgan fingerprint density at radius 2 is 2.16 bits per heavy atom. The summed E-state index contributed by atoms with van der Waals surface area (Å²) >= 11 is 15.9. The van der Waals surface area contributed by atoms with E-state index in [1.165, 1.54) is 12.1 Å². The van der Waals surface area contributed by atoms with E-state index in [2.05, 4.69) is 20.9 Å². The molecule has 1 saturated heterocycles. The lowest BCUT2D eigenvalue weighted by atomic mass is 10.3. The summed E-state index contributed by atoms with van der Waals surface area (Å²) in [6.45, 7) is 0.231. The number of ether oxygens (including phenoxy) is 2. The minimum absolute atomic E-state index is 0.000647. The number of carbonyl (C=O) groups is 1. The van der Waals surface area contributed by atoms with Gasteiger partial charge in [0.25, 0.3) is 11.4 Å². The Bertz CT molecular complexity index is 1070. The molecule has 14 heteroatoms. The summed E-state index contributed by atoms with van der Waals surface area (Å²) in [7, 11) is -3.51. The normalized spacial score (nSPS) is 21.9. The number of hydrogen-bond donors (Lipinski definition) is 0. The van der Waals surface area contributed by atoms with Crippen LogP contribution < -0.4 is 9.38 Å². The van der Waals surface area contributed by atoms with Crippen LogP contribution in [0.4, 0.5) is 5.13 Å². The van der Waals surface area contributed by atoms with Crippen LogP contribution in [0.25, 0.3) is 0 Å². The van der Waals surface area contributed by atoms with Crippen LogP contribution in [0.15, 0.2) is 28.6 Å². The molecule has 2 unspecified atom stereocenters. The number of esters is 1. The van der Waals surface area contributed by atoms with Crippen LogP contribution in [0.1, 0.15) is 0 Å². The van der Waals surface area contributed by atoms with Crippen LogP contribution in [0.3, 0.4) is 0 Å². The zero-order valence-corrected chi connectivity index (χ0v) is 20.9. The number of quaternary nitrogens is 1. The molecule has 2 atom stereocenters. The average molecular weight is 575 g/mol. The Kier molecular flexibility index (Phi) is 7.85. The van der Waals surface area contributed by atoms with Crippen LogP contribution in [-0.2, 0) is 19.4 Å². The van der Waals surface area contributed by atoms with Crippen molar-refractivity contribution in [1.29, 1.82) is 0 Å². The van der Waals surface area contributed by atoms with Crippen molar-refractivity contribution >= 4 is 71.4 Å². The van der Waals surface area contributed by atoms with E-state index in [1.807, 2.05) is 0 Å². The molecule has 1 fully saturated rings. The van der Waals surface area contributed by atoms with Gasteiger partial charge in [-0.1, -0.05) is 39.1 Å². The van der Waals surface area contributed by atoms with Crippen molar-refractivity contribution in [2.24, 2.45) is 0 Å². The fourth-order valence-corrected chi connectivity index (χ4v) is 5.46. The van der Waals surface area contributed by atoms with Crippen molar-refractivity contribution in [2.75, 3.05) is 38.0 Å². The Labute approximate surface area is 201 Å². The first-order chi connectivity index (χ1) is 14.5. The van der Waals surface area contributed by atoms with Gasteiger partial charge < -0.3 is 14.7 Å². The van der Waals surface area contributed by atoms with Crippen LogP contribution in [-0.4, -0.2) is 68.4 Å². The van der Waals surface area contributed by atoms with Gasteiger partial charge in [-0.05, 0) is 23.5 Å². The number of halogens is 3. The molecular formula is C17H18BrCl2N3O6S2. The Hall–Kier alpha value is -0.990. The highest BCUT2D eigenvalue weighted by molar-refractivity contribution is 9.09. The largest absolute Gasteiger partial charge is 0.622 e. The molecule has 0 aliphatic carbocycles. The molecule has 0 radical (unpaired) electrons. The predicted octanol–water partition coefficient (Wildman–Crippen LogP) is 3.27. The Balaban J connectivity index is 1.74. The topological polar surface area (TPSA) is 109 Å². The molecule has 3 rings (SSSR count). The zero-order chi connectivity index (χ0) is 22.8. The maximum atomic E-state index is 13.6. The van der Waals surface area contributed by atoms with E-state index >= 15 is 0 Å². The van der Waals surface area contributed by atoms with Gasteiger partial charge in [0.15, 0.2) is 16.4 Å². The van der Waals surface area contributed by atoms with Gasteiger partial charge in [0.05, 0.1) is 22.8 Å². The molecule has 0 N–H and O–H groups in total. The highest BCUT2D eigenvalue weighted by Crippen LogP contribution is 2.36. The SMILES string of the molecule is CS(=O)(=O)c1cnc([N+]2([O-])CN(CCBr)CC2OC(=O)COc2ccc(Cl)c(Cl)c2)s1. The van der Waals surface area contributed by atoms with Gasteiger partial charge in [0, 0.05) is 24.2 Å². The lowest BCUT2D eigenvalue weighted by Crippen LogP contribution is -2.51. The summed E-state index contributed by atoms with van der Waals surface area (Å²) in [6.07, 6.45) is 1.06. The summed E-state index contributed by atoms with van der Waals surface area (Å²) in [5, 5.41) is 14.9. The molecule has 2 aromatic rings. The molecule has 0 saturated carbocycles. The maximum absolute atomic E-state index is 13.6. The number of nitrogens with zero attached hydrogens (tertiary/aromatic N) is 3. The van der Waals surface area contributed by atoms with E-state index in [0.29, 0.717) is 22.6 Å². The van der Waals surface area contributed by atoms with Crippen LogP contribution in [0.2, 0.25) is 10.0 Å². The number of rotatable bonds is 8.